The molecule has 0 aliphatic heterocycles. The van der Waals surface area contributed by atoms with Gasteiger partial charge in [-0.3, -0.25) is 9.59 Å². The average molecular weight is 294 g/mol. The van der Waals surface area contributed by atoms with Gasteiger partial charge in [-0.05, 0) is 25.8 Å². The summed E-state index contributed by atoms with van der Waals surface area (Å²) in [7, 11) is 0. The van der Waals surface area contributed by atoms with Crippen LogP contribution in [0.3, 0.4) is 0 Å². The Kier molecular flexibility index (Phi) is 6.65. The summed E-state index contributed by atoms with van der Waals surface area (Å²) in [6, 6.07) is 4.18. The van der Waals surface area contributed by atoms with Gasteiger partial charge in [-0.2, -0.15) is 0 Å². The van der Waals surface area contributed by atoms with Gasteiger partial charge < -0.3 is 15.0 Å². The van der Waals surface area contributed by atoms with Gasteiger partial charge in [-0.15, -0.1) is 0 Å². The molecule has 0 aliphatic carbocycles. The summed E-state index contributed by atoms with van der Waals surface area (Å²) in [6.07, 6.45) is 1.80. The number of nitrogens with one attached hydrogen (secondary N) is 1. The number of rotatable bonds is 8. The molecule has 0 aliphatic rings. The van der Waals surface area contributed by atoms with E-state index in [0.29, 0.717) is 25.8 Å². The molecule has 1 aromatic rings. The minimum Gasteiger partial charge on any atom is -0.480 e. The molecule has 0 aromatic carbocycles. The molecule has 1 atom stereocenters. The van der Waals surface area contributed by atoms with Crippen molar-refractivity contribution in [1.29, 1.82) is 0 Å². The lowest BCUT2D eigenvalue weighted by Gasteiger charge is -2.14. The molecule has 1 rings (SSSR count). The van der Waals surface area contributed by atoms with E-state index in [0.717, 1.165) is 5.69 Å². The minimum absolute atomic E-state index is 0.0928. The summed E-state index contributed by atoms with van der Waals surface area (Å²) in [5, 5.41) is 11.5. The highest BCUT2D eigenvalue weighted by Crippen LogP contribution is 2.01. The predicted molar refractivity (Wildman–Crippen MR) is 79.1 cm³/mol. The second kappa shape index (κ2) is 8.24. The number of aryl methyl sites for hydroxylation is 1. The van der Waals surface area contributed by atoms with Crippen molar-refractivity contribution >= 4 is 11.9 Å². The Morgan fingerprint density at radius 1 is 1.38 bits per heavy atom. The van der Waals surface area contributed by atoms with Gasteiger partial charge in [0.2, 0.25) is 5.91 Å². The van der Waals surface area contributed by atoms with Crippen LogP contribution >= 0.6 is 0 Å². The second-order valence-electron chi connectivity index (χ2n) is 5.01. The minimum atomic E-state index is -1.01. The largest absolute Gasteiger partial charge is 0.480 e. The number of carbonyl (C=O) groups is 2. The van der Waals surface area contributed by atoms with E-state index in [1.54, 1.807) is 10.6 Å². The van der Waals surface area contributed by atoms with Gasteiger partial charge in [-0.1, -0.05) is 19.4 Å². The third-order valence-corrected chi connectivity index (χ3v) is 3.26. The van der Waals surface area contributed by atoms with E-state index >= 15 is 0 Å². The molecule has 1 heterocycles. The van der Waals surface area contributed by atoms with E-state index in [2.05, 4.69) is 5.32 Å². The third-order valence-electron chi connectivity index (χ3n) is 3.26. The lowest BCUT2D eigenvalue weighted by molar-refractivity contribution is -0.142. The molecular formula is C15H22N2O4. The second-order valence-corrected chi connectivity index (χ2v) is 5.01. The summed E-state index contributed by atoms with van der Waals surface area (Å²) in [5.41, 5.74) is 0.752. The number of nitrogens with zero attached hydrogens (tertiary/aromatic N) is 1. The number of amides is 1. The molecular weight excluding hydrogens is 272 g/mol. The number of aromatic nitrogens is 1. The first-order valence-corrected chi connectivity index (χ1v) is 7.14. The van der Waals surface area contributed by atoms with Crippen molar-refractivity contribution in [3.63, 3.8) is 0 Å². The molecule has 0 bridgehead atoms. The van der Waals surface area contributed by atoms with Crippen LogP contribution in [0.1, 0.15) is 38.3 Å². The van der Waals surface area contributed by atoms with Crippen molar-refractivity contribution < 1.29 is 14.7 Å². The van der Waals surface area contributed by atoms with Crippen LogP contribution in [0.15, 0.2) is 23.0 Å². The maximum atomic E-state index is 11.7. The van der Waals surface area contributed by atoms with Gasteiger partial charge >= 0.3 is 5.97 Å². The van der Waals surface area contributed by atoms with Crippen molar-refractivity contribution in [3.05, 3.63) is 34.2 Å². The van der Waals surface area contributed by atoms with E-state index in [1.807, 2.05) is 19.9 Å². The first-order chi connectivity index (χ1) is 9.95. The fourth-order valence-electron chi connectivity index (χ4n) is 2.12. The van der Waals surface area contributed by atoms with Crippen molar-refractivity contribution in [2.75, 3.05) is 0 Å². The van der Waals surface area contributed by atoms with Crippen LogP contribution in [-0.4, -0.2) is 27.6 Å². The first kappa shape index (κ1) is 16.9. The zero-order valence-corrected chi connectivity index (χ0v) is 12.5. The molecule has 0 saturated heterocycles. The zero-order chi connectivity index (χ0) is 15.8. The number of carboxylic acid groups (broad SMARTS) is 1. The van der Waals surface area contributed by atoms with Crippen LogP contribution in [0, 0.1) is 6.92 Å². The summed E-state index contributed by atoms with van der Waals surface area (Å²) in [6.45, 7) is 4.15. The molecule has 6 heteroatoms. The molecule has 2 N–H and O–H groups in total. The van der Waals surface area contributed by atoms with Crippen molar-refractivity contribution in [1.82, 2.24) is 9.88 Å². The van der Waals surface area contributed by atoms with E-state index in [-0.39, 0.29) is 17.9 Å². The van der Waals surface area contributed by atoms with Gasteiger partial charge in [0.25, 0.3) is 5.56 Å². The van der Waals surface area contributed by atoms with Crippen LogP contribution in [0.5, 0.6) is 0 Å². The third kappa shape index (κ3) is 5.41. The van der Waals surface area contributed by atoms with Crippen LogP contribution in [0.25, 0.3) is 0 Å². The summed E-state index contributed by atoms with van der Waals surface area (Å²) < 4.78 is 1.61. The van der Waals surface area contributed by atoms with Gasteiger partial charge in [0.1, 0.15) is 6.04 Å². The van der Waals surface area contributed by atoms with Crippen LogP contribution in [0.2, 0.25) is 0 Å². The van der Waals surface area contributed by atoms with Crippen molar-refractivity contribution in [2.24, 2.45) is 0 Å². The molecule has 21 heavy (non-hydrogen) atoms. The quantitative estimate of drug-likeness (QED) is 0.756. The molecule has 1 unspecified atom stereocenters. The Bertz CT molecular complexity index is 551. The highest BCUT2D eigenvalue weighted by molar-refractivity contribution is 5.83. The Labute approximate surface area is 123 Å². The predicted octanol–water partition coefficient (Wildman–Crippen LogP) is 1.31. The molecule has 0 spiro atoms. The van der Waals surface area contributed by atoms with E-state index in [1.165, 1.54) is 6.07 Å². The smallest absolute Gasteiger partial charge is 0.326 e. The first-order valence-electron chi connectivity index (χ1n) is 7.14. The molecule has 0 radical (unpaired) electrons. The lowest BCUT2D eigenvalue weighted by Crippen LogP contribution is -2.40. The average Bonchev–Trinajstić information content (AvgIpc) is 2.41. The molecule has 0 fully saturated rings. The van der Waals surface area contributed by atoms with Gasteiger partial charge in [0, 0.05) is 24.7 Å². The van der Waals surface area contributed by atoms with Crippen LogP contribution in [0.4, 0.5) is 0 Å². The number of hydrogen-bond acceptors (Lipinski definition) is 3. The number of carboxylic acids is 1. The van der Waals surface area contributed by atoms with Crippen molar-refractivity contribution in [2.45, 2.75) is 52.1 Å². The van der Waals surface area contributed by atoms with Crippen molar-refractivity contribution in [3.8, 4) is 0 Å². The standard InChI is InChI=1S/C15H22N2O4/c1-3-6-12(15(20)21)16-13(18)8-5-10-17-11(2)7-4-9-14(17)19/h4,7,9,12H,3,5-6,8,10H2,1-2H3,(H,16,18)(H,20,21). The summed E-state index contributed by atoms with van der Waals surface area (Å²) >= 11 is 0. The molecule has 6 nitrogen and oxygen atoms in total. The number of hydrogen-bond donors (Lipinski definition) is 2. The van der Waals surface area contributed by atoms with Gasteiger partial charge in [-0.25, -0.2) is 4.79 Å². The fraction of sp³-hybridized carbons (Fsp3) is 0.533. The normalized spacial score (nSPS) is 11.9. The monoisotopic (exact) mass is 294 g/mol. The SMILES string of the molecule is CCCC(NC(=O)CCCn1c(C)cccc1=O)C(=O)O. The van der Waals surface area contributed by atoms with E-state index < -0.39 is 12.0 Å². The lowest BCUT2D eigenvalue weighted by atomic mass is 10.1. The molecule has 116 valence electrons. The number of aliphatic carboxylic acids is 1. The Balaban J connectivity index is 2.47. The zero-order valence-electron chi connectivity index (χ0n) is 12.5. The Hall–Kier alpha value is -2.11. The van der Waals surface area contributed by atoms with Gasteiger partial charge in [0.05, 0.1) is 0 Å². The van der Waals surface area contributed by atoms with E-state index in [4.69, 9.17) is 5.11 Å². The summed E-state index contributed by atoms with van der Waals surface area (Å²) in [5.74, 6) is -1.31. The van der Waals surface area contributed by atoms with Crippen LogP contribution < -0.4 is 10.9 Å². The molecule has 0 saturated carbocycles. The Morgan fingerprint density at radius 2 is 2.10 bits per heavy atom. The molecule has 1 amide bonds. The molecule has 1 aromatic heterocycles. The fourth-order valence-corrected chi connectivity index (χ4v) is 2.12. The maximum Gasteiger partial charge on any atom is 0.326 e. The topological polar surface area (TPSA) is 88.4 Å². The number of carbonyl (C=O) groups excluding carboxylic acids is 1. The summed E-state index contributed by atoms with van der Waals surface area (Å²) in [4.78, 5) is 34.3. The van der Waals surface area contributed by atoms with Gasteiger partial charge in [0.15, 0.2) is 0 Å². The Morgan fingerprint density at radius 3 is 2.67 bits per heavy atom. The van der Waals surface area contributed by atoms with E-state index in [9.17, 15) is 14.4 Å². The number of pyridine rings is 1. The maximum absolute atomic E-state index is 11.7. The highest BCUT2D eigenvalue weighted by atomic mass is 16.4. The highest BCUT2D eigenvalue weighted by Gasteiger charge is 2.18. The van der Waals surface area contributed by atoms with Crippen LogP contribution in [-0.2, 0) is 16.1 Å².